The summed E-state index contributed by atoms with van der Waals surface area (Å²) in [7, 11) is 0. The van der Waals surface area contributed by atoms with Crippen molar-refractivity contribution in [3.8, 4) is 0 Å². The van der Waals surface area contributed by atoms with Crippen LogP contribution in [0.1, 0.15) is 44.1 Å². The highest BCUT2D eigenvalue weighted by atomic mass is 16.2. The van der Waals surface area contributed by atoms with E-state index < -0.39 is 0 Å². The molecule has 2 amide bonds. The van der Waals surface area contributed by atoms with Crippen molar-refractivity contribution in [1.82, 2.24) is 15.1 Å². The first-order valence-corrected chi connectivity index (χ1v) is 11.0. The molecule has 0 aliphatic carbocycles. The number of likely N-dealkylation sites (tertiary alicyclic amines) is 1. The number of carbonyl (C=O) groups is 2. The summed E-state index contributed by atoms with van der Waals surface area (Å²) in [5, 5.41) is 5.39. The van der Waals surface area contributed by atoms with Crippen LogP contribution in [-0.2, 0) is 16.1 Å². The molecule has 2 fully saturated rings. The zero-order chi connectivity index (χ0) is 20.1. The van der Waals surface area contributed by atoms with Crippen LogP contribution < -0.4 is 5.32 Å². The highest BCUT2D eigenvalue weighted by Crippen LogP contribution is 2.23. The van der Waals surface area contributed by atoms with Gasteiger partial charge in [-0.2, -0.15) is 0 Å². The molecule has 5 heteroatoms. The van der Waals surface area contributed by atoms with Crippen LogP contribution in [0, 0.1) is 0 Å². The Balaban J connectivity index is 1.49. The molecule has 1 N–H and O–H groups in total. The number of carbonyl (C=O) groups excluding carboxylic acids is 2. The third-order valence-corrected chi connectivity index (χ3v) is 6.27. The normalized spacial score (nSPS) is 21.4. The third kappa shape index (κ3) is 4.78. The molecule has 5 nitrogen and oxygen atoms in total. The molecule has 2 aromatic carbocycles. The van der Waals surface area contributed by atoms with Crippen LogP contribution in [0.5, 0.6) is 0 Å². The average molecular weight is 394 g/mol. The Bertz CT molecular complexity index is 853. The van der Waals surface area contributed by atoms with Crippen molar-refractivity contribution in [2.24, 2.45) is 0 Å². The minimum absolute atomic E-state index is 0.0168. The summed E-state index contributed by atoms with van der Waals surface area (Å²) >= 11 is 0. The molecule has 2 saturated heterocycles. The fourth-order valence-corrected chi connectivity index (χ4v) is 4.61. The maximum absolute atomic E-state index is 13.0. The van der Waals surface area contributed by atoms with Gasteiger partial charge in [0.1, 0.15) is 0 Å². The first-order valence-electron chi connectivity index (χ1n) is 11.0. The minimum atomic E-state index is -0.388. The van der Waals surface area contributed by atoms with Crippen LogP contribution in [0.4, 0.5) is 0 Å². The van der Waals surface area contributed by atoms with Gasteiger partial charge in [0.2, 0.25) is 11.8 Å². The second kappa shape index (κ2) is 9.40. The van der Waals surface area contributed by atoms with E-state index in [9.17, 15) is 9.59 Å². The number of hydrogen-bond acceptors (Lipinski definition) is 3. The third-order valence-electron chi connectivity index (χ3n) is 6.27. The maximum Gasteiger partial charge on any atom is 0.237 e. The van der Waals surface area contributed by atoms with E-state index in [1.165, 1.54) is 35.6 Å². The van der Waals surface area contributed by atoms with Crippen LogP contribution in [0.15, 0.2) is 42.5 Å². The van der Waals surface area contributed by atoms with Gasteiger partial charge in [0.05, 0.1) is 12.5 Å². The number of benzene rings is 2. The van der Waals surface area contributed by atoms with Gasteiger partial charge in [-0.1, -0.05) is 61.7 Å². The molecule has 0 bridgehead atoms. The highest BCUT2D eigenvalue weighted by molar-refractivity contribution is 5.89. The molecule has 2 aliphatic rings. The summed E-state index contributed by atoms with van der Waals surface area (Å²) in [5.74, 6) is 0.105. The SMILES string of the molecule is O=C1NCCN(Cc2cccc3ccccc23)C1CC(=O)N1CCCCCCC1. The van der Waals surface area contributed by atoms with E-state index in [2.05, 4.69) is 46.6 Å². The number of nitrogens with one attached hydrogen (secondary N) is 1. The molecule has 2 aliphatic heterocycles. The lowest BCUT2D eigenvalue weighted by molar-refractivity contribution is -0.139. The zero-order valence-corrected chi connectivity index (χ0v) is 17.1. The summed E-state index contributed by atoms with van der Waals surface area (Å²) in [4.78, 5) is 29.8. The molecule has 0 spiro atoms. The summed E-state index contributed by atoms with van der Waals surface area (Å²) in [6, 6.07) is 14.3. The molecule has 4 rings (SSSR count). The van der Waals surface area contributed by atoms with Crippen LogP contribution in [0.25, 0.3) is 10.8 Å². The number of fused-ring (bicyclic) bond motifs is 1. The number of hydrogen-bond donors (Lipinski definition) is 1. The Morgan fingerprint density at radius 2 is 1.66 bits per heavy atom. The molecule has 2 heterocycles. The molecule has 0 saturated carbocycles. The predicted octanol–water partition coefficient (Wildman–Crippen LogP) is 3.32. The predicted molar refractivity (Wildman–Crippen MR) is 115 cm³/mol. The number of rotatable bonds is 4. The van der Waals surface area contributed by atoms with E-state index in [0.717, 1.165) is 32.5 Å². The fourth-order valence-electron chi connectivity index (χ4n) is 4.61. The summed E-state index contributed by atoms with van der Waals surface area (Å²) in [5.41, 5.74) is 1.21. The topological polar surface area (TPSA) is 52.7 Å². The molecular formula is C24H31N3O2. The number of nitrogens with zero attached hydrogens (tertiary/aromatic N) is 2. The van der Waals surface area contributed by atoms with Crippen LogP contribution in [-0.4, -0.2) is 53.8 Å². The average Bonchev–Trinajstić information content (AvgIpc) is 2.70. The Morgan fingerprint density at radius 1 is 0.931 bits per heavy atom. The van der Waals surface area contributed by atoms with Crippen LogP contribution >= 0.6 is 0 Å². The highest BCUT2D eigenvalue weighted by Gasteiger charge is 2.33. The summed E-state index contributed by atoms with van der Waals surface area (Å²) < 4.78 is 0. The molecule has 0 radical (unpaired) electrons. The number of piperazine rings is 1. The van der Waals surface area contributed by atoms with Gasteiger partial charge in [-0.05, 0) is 29.2 Å². The molecule has 1 atom stereocenters. The maximum atomic E-state index is 13.0. The van der Waals surface area contributed by atoms with Crippen molar-refractivity contribution < 1.29 is 9.59 Å². The lowest BCUT2D eigenvalue weighted by Crippen LogP contribution is -2.56. The zero-order valence-electron chi connectivity index (χ0n) is 17.1. The second-order valence-electron chi connectivity index (χ2n) is 8.27. The summed E-state index contributed by atoms with van der Waals surface area (Å²) in [6.45, 7) is 3.75. The van der Waals surface area contributed by atoms with Crippen molar-refractivity contribution in [2.45, 2.75) is 51.1 Å². The van der Waals surface area contributed by atoms with Crippen molar-refractivity contribution in [1.29, 1.82) is 0 Å². The number of amides is 2. The van der Waals surface area contributed by atoms with Gasteiger partial charge in [0, 0.05) is 32.7 Å². The first-order chi connectivity index (χ1) is 14.2. The van der Waals surface area contributed by atoms with Gasteiger partial charge in [0.15, 0.2) is 0 Å². The van der Waals surface area contributed by atoms with E-state index >= 15 is 0 Å². The van der Waals surface area contributed by atoms with Gasteiger partial charge < -0.3 is 10.2 Å². The summed E-state index contributed by atoms with van der Waals surface area (Å²) in [6.07, 6.45) is 6.08. The molecule has 2 aromatic rings. The Kier molecular flexibility index (Phi) is 6.45. The molecular weight excluding hydrogens is 362 g/mol. The van der Waals surface area contributed by atoms with Crippen LogP contribution in [0.2, 0.25) is 0 Å². The monoisotopic (exact) mass is 393 g/mol. The standard InChI is InChI=1S/C24H31N3O2/c28-23(26-14-6-2-1-3-7-15-26)17-22-24(29)25-13-16-27(22)18-20-11-8-10-19-9-4-5-12-21(19)20/h4-5,8-12,22H,1-3,6-7,13-18H2,(H,25,29). The van der Waals surface area contributed by atoms with Crippen molar-refractivity contribution in [3.63, 3.8) is 0 Å². The van der Waals surface area contributed by atoms with Gasteiger partial charge >= 0.3 is 0 Å². The Hall–Kier alpha value is -2.40. The molecule has 29 heavy (non-hydrogen) atoms. The smallest absolute Gasteiger partial charge is 0.237 e. The Morgan fingerprint density at radius 3 is 2.48 bits per heavy atom. The Labute approximate surface area is 173 Å². The van der Waals surface area contributed by atoms with Crippen molar-refractivity contribution >= 4 is 22.6 Å². The largest absolute Gasteiger partial charge is 0.353 e. The van der Waals surface area contributed by atoms with Gasteiger partial charge in [-0.25, -0.2) is 0 Å². The van der Waals surface area contributed by atoms with E-state index in [1.54, 1.807) is 0 Å². The van der Waals surface area contributed by atoms with Crippen molar-refractivity contribution in [2.75, 3.05) is 26.2 Å². The van der Waals surface area contributed by atoms with Gasteiger partial charge in [-0.15, -0.1) is 0 Å². The van der Waals surface area contributed by atoms with E-state index in [-0.39, 0.29) is 24.3 Å². The van der Waals surface area contributed by atoms with Gasteiger partial charge in [0.25, 0.3) is 0 Å². The van der Waals surface area contributed by atoms with E-state index in [1.807, 2.05) is 11.0 Å². The first kappa shape index (κ1) is 19.9. The molecule has 154 valence electrons. The lowest BCUT2D eigenvalue weighted by atomic mass is 10.0. The minimum Gasteiger partial charge on any atom is -0.353 e. The lowest BCUT2D eigenvalue weighted by Gasteiger charge is -2.36. The second-order valence-corrected chi connectivity index (χ2v) is 8.27. The van der Waals surface area contributed by atoms with Crippen molar-refractivity contribution in [3.05, 3.63) is 48.0 Å². The van der Waals surface area contributed by atoms with Crippen LogP contribution in [0.3, 0.4) is 0 Å². The fraction of sp³-hybridized carbons (Fsp3) is 0.500. The van der Waals surface area contributed by atoms with E-state index in [4.69, 9.17) is 0 Å². The van der Waals surface area contributed by atoms with Gasteiger partial charge in [-0.3, -0.25) is 14.5 Å². The molecule has 0 aromatic heterocycles. The quantitative estimate of drug-likeness (QED) is 0.867. The molecule has 1 unspecified atom stereocenters. The van der Waals surface area contributed by atoms with E-state index in [0.29, 0.717) is 13.1 Å².